The number of rotatable bonds is 3. The smallest absolute Gasteiger partial charge is 0.216 e. The highest BCUT2D eigenvalue weighted by Gasteiger charge is 2.31. The molecule has 0 saturated heterocycles. The van der Waals surface area contributed by atoms with Crippen molar-refractivity contribution < 1.29 is 13.2 Å². The summed E-state index contributed by atoms with van der Waals surface area (Å²) in [5.41, 5.74) is -0.613. The van der Waals surface area contributed by atoms with Gasteiger partial charge in [-0.15, -0.1) is 0 Å². The van der Waals surface area contributed by atoms with Crippen LogP contribution in [0.25, 0.3) is 5.69 Å². The van der Waals surface area contributed by atoms with Crippen LogP contribution in [0.2, 0.25) is 0 Å². The number of aromatic nitrogens is 3. The molecular formula is C14H13F3N4. The summed E-state index contributed by atoms with van der Waals surface area (Å²) in [6.07, 6.45) is -3.30. The van der Waals surface area contributed by atoms with E-state index in [0.29, 0.717) is 30.2 Å². The number of hydrogen-bond donors (Lipinski definition) is 0. The maximum absolute atomic E-state index is 12.7. The minimum Gasteiger partial charge on any atom is -0.216 e. The number of alkyl halides is 3. The highest BCUT2D eigenvalue weighted by molar-refractivity contribution is 5.51. The molecule has 21 heavy (non-hydrogen) atoms. The molecule has 0 unspecified atom stereocenters. The van der Waals surface area contributed by atoms with Crippen LogP contribution in [0, 0.1) is 11.3 Å². The Bertz CT molecular complexity index is 695. The first-order valence-electron chi connectivity index (χ1n) is 6.47. The Kier molecular flexibility index (Phi) is 3.98. The largest absolute Gasteiger partial charge is 0.416 e. The Hall–Kier alpha value is -2.36. The van der Waals surface area contributed by atoms with Crippen LogP contribution in [0.15, 0.2) is 18.2 Å². The molecule has 0 aliphatic rings. The topological polar surface area (TPSA) is 54.5 Å². The lowest BCUT2D eigenvalue weighted by atomic mass is 10.1. The van der Waals surface area contributed by atoms with Gasteiger partial charge in [-0.1, -0.05) is 13.8 Å². The van der Waals surface area contributed by atoms with Crippen molar-refractivity contribution in [1.82, 2.24) is 14.8 Å². The molecule has 0 radical (unpaired) electrons. The maximum atomic E-state index is 12.7. The third-order valence-corrected chi connectivity index (χ3v) is 3.02. The van der Waals surface area contributed by atoms with E-state index in [1.54, 1.807) is 6.07 Å². The zero-order valence-electron chi connectivity index (χ0n) is 11.6. The van der Waals surface area contributed by atoms with Gasteiger partial charge in [0.15, 0.2) is 5.82 Å². The molecule has 0 aliphatic carbocycles. The summed E-state index contributed by atoms with van der Waals surface area (Å²) in [6, 6.07) is 4.84. The second-order valence-electron chi connectivity index (χ2n) is 4.40. The van der Waals surface area contributed by atoms with Gasteiger partial charge < -0.3 is 0 Å². The number of benzene rings is 1. The molecule has 4 nitrogen and oxygen atoms in total. The standard InChI is InChI=1S/C14H13F3N4/c1-3-12-19-13(4-2)21(20-12)11-6-5-10(14(15,16)17)7-9(11)8-18/h5-7H,3-4H2,1-2H3. The lowest BCUT2D eigenvalue weighted by Crippen LogP contribution is -2.09. The van der Waals surface area contributed by atoms with Crippen molar-refractivity contribution in [3.8, 4) is 11.8 Å². The van der Waals surface area contributed by atoms with Gasteiger partial charge in [0.25, 0.3) is 0 Å². The Morgan fingerprint density at radius 2 is 1.95 bits per heavy atom. The molecule has 7 heteroatoms. The zero-order chi connectivity index (χ0) is 15.6. The van der Waals surface area contributed by atoms with Gasteiger partial charge in [0, 0.05) is 12.8 Å². The van der Waals surface area contributed by atoms with E-state index in [2.05, 4.69) is 10.1 Å². The summed E-state index contributed by atoms with van der Waals surface area (Å²) in [5.74, 6) is 1.21. The van der Waals surface area contributed by atoms with Crippen LogP contribution in [0.5, 0.6) is 0 Å². The van der Waals surface area contributed by atoms with Crippen molar-refractivity contribution in [3.05, 3.63) is 41.0 Å². The van der Waals surface area contributed by atoms with E-state index in [0.717, 1.165) is 12.1 Å². The molecule has 1 heterocycles. The van der Waals surface area contributed by atoms with Gasteiger partial charge in [0.2, 0.25) is 0 Å². The van der Waals surface area contributed by atoms with E-state index in [4.69, 9.17) is 5.26 Å². The van der Waals surface area contributed by atoms with Crippen LogP contribution >= 0.6 is 0 Å². The summed E-state index contributed by atoms with van der Waals surface area (Å²) in [5, 5.41) is 13.4. The van der Waals surface area contributed by atoms with Crippen LogP contribution in [0.3, 0.4) is 0 Å². The summed E-state index contributed by atoms with van der Waals surface area (Å²) in [7, 11) is 0. The molecule has 0 bridgehead atoms. The van der Waals surface area contributed by atoms with Crippen molar-refractivity contribution in [3.63, 3.8) is 0 Å². The van der Waals surface area contributed by atoms with Gasteiger partial charge in [-0.05, 0) is 18.2 Å². The predicted octanol–water partition coefficient (Wildman–Crippen LogP) is 3.28. The summed E-state index contributed by atoms with van der Waals surface area (Å²) in [6.45, 7) is 3.76. The zero-order valence-corrected chi connectivity index (χ0v) is 11.6. The summed E-state index contributed by atoms with van der Waals surface area (Å²) in [4.78, 5) is 4.29. The second kappa shape index (κ2) is 5.56. The normalized spacial score (nSPS) is 11.4. The van der Waals surface area contributed by atoms with Gasteiger partial charge in [-0.2, -0.15) is 23.5 Å². The second-order valence-corrected chi connectivity index (χ2v) is 4.40. The predicted molar refractivity (Wildman–Crippen MR) is 69.8 cm³/mol. The Labute approximate surface area is 119 Å². The van der Waals surface area contributed by atoms with Crippen molar-refractivity contribution in [2.24, 2.45) is 0 Å². The first kappa shape index (κ1) is 15.0. The molecule has 2 aromatic rings. The fourth-order valence-corrected chi connectivity index (χ4v) is 1.95. The summed E-state index contributed by atoms with van der Waals surface area (Å²) < 4.78 is 39.5. The van der Waals surface area contributed by atoms with E-state index in [1.165, 1.54) is 10.7 Å². The van der Waals surface area contributed by atoms with Gasteiger partial charge in [0.1, 0.15) is 11.9 Å². The molecule has 0 atom stereocenters. The van der Waals surface area contributed by atoms with E-state index < -0.39 is 11.7 Å². The SMILES string of the molecule is CCc1nc(CC)n(-c2ccc(C(F)(F)F)cc2C#N)n1. The number of aryl methyl sites for hydroxylation is 2. The number of nitrogens with zero attached hydrogens (tertiary/aromatic N) is 4. The third kappa shape index (κ3) is 2.89. The maximum Gasteiger partial charge on any atom is 0.416 e. The molecule has 0 spiro atoms. The van der Waals surface area contributed by atoms with E-state index in [1.807, 2.05) is 13.8 Å². The third-order valence-electron chi connectivity index (χ3n) is 3.02. The molecule has 0 amide bonds. The highest BCUT2D eigenvalue weighted by Crippen LogP contribution is 2.31. The highest BCUT2D eigenvalue weighted by atomic mass is 19.4. The monoisotopic (exact) mass is 294 g/mol. The Morgan fingerprint density at radius 3 is 2.48 bits per heavy atom. The Balaban J connectivity index is 2.60. The van der Waals surface area contributed by atoms with Crippen LogP contribution < -0.4 is 0 Å². The molecule has 110 valence electrons. The molecule has 0 saturated carbocycles. The molecular weight excluding hydrogens is 281 g/mol. The molecule has 0 aliphatic heterocycles. The average molecular weight is 294 g/mol. The number of hydrogen-bond acceptors (Lipinski definition) is 3. The van der Waals surface area contributed by atoms with Gasteiger partial charge in [0.05, 0.1) is 16.8 Å². The van der Waals surface area contributed by atoms with Crippen molar-refractivity contribution >= 4 is 0 Å². The van der Waals surface area contributed by atoms with E-state index >= 15 is 0 Å². The lowest BCUT2D eigenvalue weighted by Gasteiger charge is -2.10. The minimum absolute atomic E-state index is 0.0768. The molecule has 1 aromatic carbocycles. The summed E-state index contributed by atoms with van der Waals surface area (Å²) >= 11 is 0. The van der Waals surface area contributed by atoms with Crippen molar-refractivity contribution in [2.45, 2.75) is 32.9 Å². The van der Waals surface area contributed by atoms with E-state index in [-0.39, 0.29) is 5.56 Å². The molecule has 0 N–H and O–H groups in total. The minimum atomic E-state index is -4.48. The Morgan fingerprint density at radius 1 is 1.24 bits per heavy atom. The molecule has 1 aromatic heterocycles. The first-order chi connectivity index (χ1) is 9.90. The van der Waals surface area contributed by atoms with Crippen LogP contribution in [0.4, 0.5) is 13.2 Å². The molecule has 2 rings (SSSR count). The molecule has 0 fully saturated rings. The first-order valence-corrected chi connectivity index (χ1v) is 6.47. The van der Waals surface area contributed by atoms with Gasteiger partial charge in [-0.3, -0.25) is 0 Å². The quantitative estimate of drug-likeness (QED) is 0.873. The van der Waals surface area contributed by atoms with Crippen molar-refractivity contribution in [1.29, 1.82) is 5.26 Å². The van der Waals surface area contributed by atoms with E-state index in [9.17, 15) is 13.2 Å². The van der Waals surface area contributed by atoms with Crippen LogP contribution in [-0.4, -0.2) is 14.8 Å². The lowest BCUT2D eigenvalue weighted by molar-refractivity contribution is -0.137. The number of nitriles is 1. The van der Waals surface area contributed by atoms with Crippen LogP contribution in [0.1, 0.15) is 36.6 Å². The number of halogens is 3. The fraction of sp³-hybridized carbons (Fsp3) is 0.357. The van der Waals surface area contributed by atoms with Gasteiger partial charge >= 0.3 is 6.18 Å². The van der Waals surface area contributed by atoms with Crippen molar-refractivity contribution in [2.75, 3.05) is 0 Å². The van der Waals surface area contributed by atoms with Crippen LogP contribution in [-0.2, 0) is 19.0 Å². The average Bonchev–Trinajstić information content (AvgIpc) is 2.88. The fourth-order valence-electron chi connectivity index (χ4n) is 1.95. The van der Waals surface area contributed by atoms with Gasteiger partial charge in [-0.25, -0.2) is 9.67 Å².